The molecule has 3 N–H and O–H groups in total. The van der Waals surface area contributed by atoms with Gasteiger partial charge < -0.3 is 30.0 Å². The summed E-state index contributed by atoms with van der Waals surface area (Å²) in [6.07, 6.45) is 3.44. The molecule has 0 bridgehead atoms. The molecule has 0 aliphatic carbocycles. The lowest BCUT2D eigenvalue weighted by molar-refractivity contribution is -0.140. The number of aryl methyl sites for hydroxylation is 1. The molecule has 10 nitrogen and oxygen atoms in total. The molecule has 5 rings (SSSR count). The number of carbonyl (C=O) groups is 2. The Hall–Kier alpha value is -4.46. The molecule has 4 heterocycles. The summed E-state index contributed by atoms with van der Waals surface area (Å²) in [6, 6.07) is 12.2. The first-order chi connectivity index (χ1) is 17.7. The average molecular weight is 503 g/mol. The van der Waals surface area contributed by atoms with E-state index >= 15 is 0 Å². The first-order valence-corrected chi connectivity index (χ1v) is 11.5. The van der Waals surface area contributed by atoms with Crippen LogP contribution in [0.4, 0.5) is 5.69 Å². The summed E-state index contributed by atoms with van der Waals surface area (Å²) in [5.74, 6) is 6.91. The fourth-order valence-electron chi connectivity index (χ4n) is 3.35. The summed E-state index contributed by atoms with van der Waals surface area (Å²) in [6.45, 7) is 2.76. The Morgan fingerprint density at radius 2 is 1.97 bits per heavy atom. The van der Waals surface area contributed by atoms with Gasteiger partial charge in [-0.1, -0.05) is 11.8 Å². The molecule has 2 amide bonds. The molecule has 37 heavy (non-hydrogen) atoms. The SMILES string of the molecule is CN1C(=O)CCOc2ccc(C#CC3(O)COC3)cc21.Cc1ccc(Oc2ccnc(C(N)=O)c2)cn1. The molecular formula is C27H26N4O6. The van der Waals surface area contributed by atoms with Crippen LogP contribution in [0.3, 0.4) is 0 Å². The van der Waals surface area contributed by atoms with Crippen LogP contribution in [0.25, 0.3) is 0 Å². The predicted octanol–water partition coefficient (Wildman–Crippen LogP) is 2.22. The van der Waals surface area contributed by atoms with Gasteiger partial charge in [-0.25, -0.2) is 0 Å². The van der Waals surface area contributed by atoms with Crippen molar-refractivity contribution in [2.75, 3.05) is 31.8 Å². The highest BCUT2D eigenvalue weighted by atomic mass is 16.5. The number of hydrogen-bond acceptors (Lipinski definition) is 8. The van der Waals surface area contributed by atoms with E-state index in [-0.39, 0.29) is 24.8 Å². The number of pyridine rings is 2. The minimum Gasteiger partial charge on any atom is -0.491 e. The van der Waals surface area contributed by atoms with Crippen molar-refractivity contribution in [1.82, 2.24) is 9.97 Å². The summed E-state index contributed by atoms with van der Waals surface area (Å²) in [4.78, 5) is 32.3. The third kappa shape index (κ3) is 6.61. The third-order valence-electron chi connectivity index (χ3n) is 5.49. The number of fused-ring (bicyclic) bond motifs is 1. The normalized spacial score (nSPS) is 15.3. The first kappa shape index (κ1) is 25.6. The monoisotopic (exact) mass is 502 g/mol. The lowest BCUT2D eigenvalue weighted by Crippen LogP contribution is -2.48. The molecule has 0 atom stereocenters. The van der Waals surface area contributed by atoms with Gasteiger partial charge in [0, 0.05) is 30.6 Å². The Labute approximate surface area is 214 Å². The van der Waals surface area contributed by atoms with E-state index in [1.165, 1.54) is 12.3 Å². The number of benzene rings is 1. The predicted molar refractivity (Wildman–Crippen MR) is 134 cm³/mol. The lowest BCUT2D eigenvalue weighted by atomic mass is 10.0. The molecule has 1 fully saturated rings. The zero-order valence-electron chi connectivity index (χ0n) is 20.4. The fraction of sp³-hybridized carbons (Fsp3) is 0.259. The highest BCUT2D eigenvalue weighted by Gasteiger charge is 2.33. The number of amides is 2. The molecule has 0 saturated carbocycles. The van der Waals surface area contributed by atoms with Gasteiger partial charge in [-0.05, 0) is 43.3 Å². The number of rotatable bonds is 3. The zero-order chi connectivity index (χ0) is 26.4. The summed E-state index contributed by atoms with van der Waals surface area (Å²) in [7, 11) is 1.72. The minimum absolute atomic E-state index is 0.0138. The van der Waals surface area contributed by atoms with Gasteiger partial charge in [-0.2, -0.15) is 0 Å². The summed E-state index contributed by atoms with van der Waals surface area (Å²) >= 11 is 0. The Morgan fingerprint density at radius 1 is 1.16 bits per heavy atom. The maximum atomic E-state index is 11.8. The van der Waals surface area contributed by atoms with Gasteiger partial charge in [0.2, 0.25) is 5.91 Å². The number of nitrogens with zero attached hydrogens (tertiary/aromatic N) is 3. The summed E-state index contributed by atoms with van der Waals surface area (Å²) in [5, 5.41) is 9.86. The van der Waals surface area contributed by atoms with Gasteiger partial charge in [0.1, 0.15) is 22.9 Å². The molecule has 2 aromatic heterocycles. The number of aliphatic hydroxyl groups is 1. The molecule has 0 radical (unpaired) electrons. The van der Waals surface area contributed by atoms with E-state index < -0.39 is 11.5 Å². The molecule has 2 aliphatic heterocycles. The van der Waals surface area contributed by atoms with Crippen LogP contribution in [0.2, 0.25) is 0 Å². The molecule has 3 aromatic rings. The van der Waals surface area contributed by atoms with Crippen molar-refractivity contribution in [2.45, 2.75) is 18.9 Å². The lowest BCUT2D eigenvalue weighted by Gasteiger charge is -2.30. The Bertz CT molecular complexity index is 1360. The van der Waals surface area contributed by atoms with E-state index in [1.807, 2.05) is 19.1 Å². The van der Waals surface area contributed by atoms with Crippen molar-refractivity contribution >= 4 is 17.5 Å². The second kappa shape index (κ2) is 11.1. The molecule has 1 saturated heterocycles. The standard InChI is InChI=1S/C15H15NO4.C12H11N3O2/c1-16-12-8-11(4-6-15(18)9-19-10-15)2-3-13(12)20-7-5-14(16)17;1-8-2-3-10(7-15-8)17-9-4-5-14-11(6-9)12(13)16/h2-3,8,18H,5,7,9-10H2,1H3;2-7H,1H3,(H2,13,16). The topological polar surface area (TPSA) is 137 Å². The van der Waals surface area contributed by atoms with Crippen molar-refractivity contribution in [3.05, 3.63) is 71.8 Å². The smallest absolute Gasteiger partial charge is 0.267 e. The highest BCUT2D eigenvalue weighted by Crippen LogP contribution is 2.31. The van der Waals surface area contributed by atoms with Crippen molar-refractivity contribution in [2.24, 2.45) is 5.73 Å². The second-order valence-electron chi connectivity index (χ2n) is 8.49. The van der Waals surface area contributed by atoms with Crippen LogP contribution in [0.15, 0.2) is 54.9 Å². The van der Waals surface area contributed by atoms with Crippen molar-refractivity contribution < 1.29 is 28.9 Å². The van der Waals surface area contributed by atoms with E-state index in [0.717, 1.165) is 11.3 Å². The maximum Gasteiger partial charge on any atom is 0.267 e. The van der Waals surface area contributed by atoms with Crippen LogP contribution in [-0.2, 0) is 9.53 Å². The Morgan fingerprint density at radius 3 is 2.65 bits per heavy atom. The van der Waals surface area contributed by atoms with E-state index in [4.69, 9.17) is 19.9 Å². The van der Waals surface area contributed by atoms with Gasteiger partial charge in [0.25, 0.3) is 5.91 Å². The molecular weight excluding hydrogens is 476 g/mol. The van der Waals surface area contributed by atoms with Gasteiger partial charge in [0.15, 0.2) is 5.60 Å². The molecule has 1 aromatic carbocycles. The zero-order valence-corrected chi connectivity index (χ0v) is 20.4. The third-order valence-corrected chi connectivity index (χ3v) is 5.49. The molecule has 10 heteroatoms. The van der Waals surface area contributed by atoms with Gasteiger partial charge in [-0.3, -0.25) is 19.6 Å². The molecule has 190 valence electrons. The molecule has 0 spiro atoms. The number of ether oxygens (including phenoxy) is 3. The first-order valence-electron chi connectivity index (χ1n) is 11.5. The number of nitrogens with two attached hydrogens (primary N) is 1. The maximum absolute atomic E-state index is 11.8. The average Bonchev–Trinajstić information content (AvgIpc) is 3.01. The van der Waals surface area contributed by atoms with Gasteiger partial charge in [-0.15, -0.1) is 0 Å². The van der Waals surface area contributed by atoms with E-state index in [0.29, 0.717) is 36.0 Å². The molecule has 2 aliphatic rings. The number of aromatic nitrogens is 2. The van der Waals surface area contributed by atoms with E-state index in [9.17, 15) is 14.7 Å². The van der Waals surface area contributed by atoms with Crippen LogP contribution in [-0.4, -0.2) is 59.4 Å². The van der Waals surface area contributed by atoms with Crippen molar-refractivity contribution in [1.29, 1.82) is 0 Å². The fourth-order valence-corrected chi connectivity index (χ4v) is 3.35. The Kier molecular flexibility index (Phi) is 7.67. The van der Waals surface area contributed by atoms with Crippen LogP contribution in [0.5, 0.6) is 17.2 Å². The largest absolute Gasteiger partial charge is 0.491 e. The van der Waals surface area contributed by atoms with Gasteiger partial charge in [0.05, 0.1) is 38.1 Å². The number of anilines is 1. The van der Waals surface area contributed by atoms with Crippen molar-refractivity contribution in [3.63, 3.8) is 0 Å². The van der Waals surface area contributed by atoms with Crippen LogP contribution in [0.1, 0.15) is 28.2 Å². The van der Waals surface area contributed by atoms with Gasteiger partial charge >= 0.3 is 0 Å². The van der Waals surface area contributed by atoms with E-state index in [1.54, 1.807) is 42.4 Å². The molecule has 0 unspecified atom stereocenters. The second-order valence-corrected chi connectivity index (χ2v) is 8.49. The number of carbonyl (C=O) groups excluding carboxylic acids is 2. The summed E-state index contributed by atoms with van der Waals surface area (Å²) in [5.41, 5.74) is 6.60. The number of primary amides is 1. The number of hydrogen-bond donors (Lipinski definition) is 2. The van der Waals surface area contributed by atoms with Crippen LogP contribution < -0.4 is 20.1 Å². The quantitative estimate of drug-likeness (QED) is 0.520. The Balaban J connectivity index is 0.000000176. The highest BCUT2D eigenvalue weighted by molar-refractivity contribution is 5.95. The van der Waals surface area contributed by atoms with Crippen molar-refractivity contribution in [3.8, 4) is 29.1 Å². The van der Waals surface area contributed by atoms with Crippen LogP contribution in [0, 0.1) is 18.8 Å². The van der Waals surface area contributed by atoms with Crippen LogP contribution >= 0.6 is 0 Å². The summed E-state index contributed by atoms with van der Waals surface area (Å²) < 4.78 is 16.0. The van der Waals surface area contributed by atoms with E-state index in [2.05, 4.69) is 21.8 Å². The minimum atomic E-state index is -1.04.